The van der Waals surface area contributed by atoms with Crippen molar-refractivity contribution in [1.29, 1.82) is 0 Å². The Kier molecular flexibility index (Phi) is 5.14. The van der Waals surface area contributed by atoms with Crippen molar-refractivity contribution in [2.45, 2.75) is 12.8 Å². The number of thiophene rings is 1. The number of rotatable bonds is 5. The van der Waals surface area contributed by atoms with Crippen LogP contribution in [0, 0.1) is 17.5 Å². The fraction of sp³-hybridized carbons (Fsp3) is 0.0833. The third kappa shape index (κ3) is 3.62. The molecule has 0 atom stereocenters. The Morgan fingerprint density at radius 2 is 1.66 bits per heavy atom. The van der Waals surface area contributed by atoms with Crippen LogP contribution in [-0.2, 0) is 12.8 Å². The lowest BCUT2D eigenvalue weighted by Gasteiger charge is -2.10. The maximum Gasteiger partial charge on any atom is 0.219 e. The second-order valence-corrected chi connectivity index (χ2v) is 8.31. The van der Waals surface area contributed by atoms with Gasteiger partial charge in [0.25, 0.3) is 0 Å². The van der Waals surface area contributed by atoms with Gasteiger partial charge >= 0.3 is 0 Å². The van der Waals surface area contributed by atoms with Gasteiger partial charge in [-0.1, -0.05) is 30.3 Å². The number of fused-ring (bicyclic) bond motifs is 1. The van der Waals surface area contributed by atoms with Crippen LogP contribution < -0.4 is 0 Å². The van der Waals surface area contributed by atoms with E-state index in [1.807, 2.05) is 17.5 Å². The molecule has 1 N–H and O–H groups in total. The van der Waals surface area contributed by atoms with Gasteiger partial charge in [-0.25, -0.2) is 23.1 Å². The largest absolute Gasteiger partial charge is 0.493 e. The molecule has 0 saturated heterocycles. The van der Waals surface area contributed by atoms with E-state index < -0.39 is 17.5 Å². The van der Waals surface area contributed by atoms with E-state index >= 15 is 0 Å². The normalized spacial score (nSPS) is 11.3. The van der Waals surface area contributed by atoms with Gasteiger partial charge in [-0.15, -0.1) is 11.3 Å². The second-order valence-electron chi connectivity index (χ2n) is 7.27. The van der Waals surface area contributed by atoms with Gasteiger partial charge in [-0.3, -0.25) is 4.40 Å². The number of aromatic hydroxyl groups is 1. The fourth-order valence-electron chi connectivity index (χ4n) is 3.61. The Labute approximate surface area is 185 Å². The van der Waals surface area contributed by atoms with Crippen LogP contribution in [0.5, 0.6) is 5.88 Å². The molecule has 0 radical (unpaired) electrons. The van der Waals surface area contributed by atoms with Crippen molar-refractivity contribution in [3.63, 3.8) is 0 Å². The number of imidazole rings is 1. The Hall–Kier alpha value is -3.65. The molecule has 8 heteroatoms. The number of halogens is 3. The summed E-state index contributed by atoms with van der Waals surface area (Å²) in [6.07, 6.45) is 1.88. The summed E-state index contributed by atoms with van der Waals surface area (Å²) in [5.41, 5.74) is 1.51. The molecule has 32 heavy (non-hydrogen) atoms. The summed E-state index contributed by atoms with van der Waals surface area (Å²) in [7, 11) is 0. The molecular formula is C24H16F3N3OS. The van der Waals surface area contributed by atoms with Crippen LogP contribution in [0.3, 0.4) is 0 Å². The summed E-state index contributed by atoms with van der Waals surface area (Å²) in [6, 6.07) is 13.9. The van der Waals surface area contributed by atoms with E-state index in [0.717, 1.165) is 10.9 Å². The molecule has 0 aliphatic rings. The van der Waals surface area contributed by atoms with Gasteiger partial charge in [-0.05, 0) is 35.2 Å². The summed E-state index contributed by atoms with van der Waals surface area (Å²) in [5.74, 6) is -2.59. The number of aromatic nitrogens is 3. The third-order valence-corrected chi connectivity index (χ3v) is 6.06. The van der Waals surface area contributed by atoms with Gasteiger partial charge in [0.2, 0.25) is 5.88 Å². The van der Waals surface area contributed by atoms with Crippen LogP contribution in [0.2, 0.25) is 0 Å². The van der Waals surface area contributed by atoms with Crippen LogP contribution in [0.15, 0.2) is 66.2 Å². The molecule has 5 rings (SSSR count). The second kappa shape index (κ2) is 8.12. The molecule has 3 aromatic heterocycles. The zero-order valence-electron chi connectivity index (χ0n) is 16.6. The molecule has 0 unspecified atom stereocenters. The van der Waals surface area contributed by atoms with Gasteiger partial charge < -0.3 is 5.11 Å². The summed E-state index contributed by atoms with van der Waals surface area (Å²) in [5, 5.41) is 12.8. The summed E-state index contributed by atoms with van der Waals surface area (Å²) in [6.45, 7) is 0. The topological polar surface area (TPSA) is 50.4 Å². The predicted molar refractivity (Wildman–Crippen MR) is 116 cm³/mol. The molecule has 0 aliphatic carbocycles. The molecule has 160 valence electrons. The standard InChI is InChI=1S/C24H16F3N3OS/c25-17-8-2-1-5-14(17)11-19-23-29-20(12-15-6-4-10-32-15)24(31)30(23)13-21(28-19)16-7-3-9-18(26)22(16)27/h1-10,13,31H,11-12H2. The Bertz CT molecular complexity index is 1430. The smallest absolute Gasteiger partial charge is 0.219 e. The monoisotopic (exact) mass is 451 g/mol. The van der Waals surface area contributed by atoms with Crippen LogP contribution in [0.25, 0.3) is 16.9 Å². The van der Waals surface area contributed by atoms with Crippen LogP contribution in [0.1, 0.15) is 21.8 Å². The van der Waals surface area contributed by atoms with Gasteiger partial charge in [0.1, 0.15) is 11.5 Å². The van der Waals surface area contributed by atoms with Crippen molar-refractivity contribution >= 4 is 17.0 Å². The number of benzene rings is 2. The molecule has 2 aromatic carbocycles. The Morgan fingerprint density at radius 1 is 0.844 bits per heavy atom. The van der Waals surface area contributed by atoms with Crippen LogP contribution in [0.4, 0.5) is 13.2 Å². The van der Waals surface area contributed by atoms with E-state index in [2.05, 4.69) is 9.97 Å². The van der Waals surface area contributed by atoms with Crippen molar-refractivity contribution in [1.82, 2.24) is 14.4 Å². The molecule has 5 aromatic rings. The van der Waals surface area contributed by atoms with Gasteiger partial charge in [0.05, 0.1) is 11.4 Å². The van der Waals surface area contributed by atoms with Gasteiger partial charge in [0, 0.05) is 29.5 Å². The highest BCUT2D eigenvalue weighted by Crippen LogP contribution is 2.30. The van der Waals surface area contributed by atoms with Gasteiger partial charge in [-0.2, -0.15) is 0 Å². The van der Waals surface area contributed by atoms with Crippen molar-refractivity contribution < 1.29 is 18.3 Å². The number of nitrogens with zero attached hydrogens (tertiary/aromatic N) is 3. The summed E-state index contributed by atoms with van der Waals surface area (Å²) >= 11 is 1.53. The molecule has 0 saturated carbocycles. The quantitative estimate of drug-likeness (QED) is 0.370. The van der Waals surface area contributed by atoms with Crippen molar-refractivity contribution in [2.24, 2.45) is 0 Å². The Balaban J connectivity index is 1.71. The zero-order chi connectivity index (χ0) is 22.2. The van der Waals surface area contributed by atoms with E-state index in [1.54, 1.807) is 18.2 Å². The van der Waals surface area contributed by atoms with Crippen LogP contribution >= 0.6 is 11.3 Å². The lowest BCUT2D eigenvalue weighted by molar-refractivity contribution is 0.442. The molecule has 0 bridgehead atoms. The van der Waals surface area contributed by atoms with E-state index in [0.29, 0.717) is 29.0 Å². The maximum absolute atomic E-state index is 14.5. The van der Waals surface area contributed by atoms with E-state index in [4.69, 9.17) is 0 Å². The first-order valence-corrected chi connectivity index (χ1v) is 10.7. The minimum Gasteiger partial charge on any atom is -0.493 e. The third-order valence-electron chi connectivity index (χ3n) is 5.19. The average Bonchev–Trinajstić information content (AvgIpc) is 3.41. The first-order chi connectivity index (χ1) is 15.5. The lowest BCUT2D eigenvalue weighted by atomic mass is 10.1. The van der Waals surface area contributed by atoms with E-state index in [-0.39, 0.29) is 23.6 Å². The van der Waals surface area contributed by atoms with Crippen molar-refractivity contribution in [3.05, 3.63) is 105 Å². The minimum absolute atomic E-state index is 0.0606. The van der Waals surface area contributed by atoms with Crippen molar-refractivity contribution in [3.8, 4) is 17.1 Å². The minimum atomic E-state index is -1.05. The molecule has 0 aliphatic heterocycles. The van der Waals surface area contributed by atoms with Crippen LogP contribution in [-0.4, -0.2) is 19.5 Å². The molecule has 0 amide bonds. The fourth-order valence-corrected chi connectivity index (χ4v) is 4.32. The molecule has 4 nitrogen and oxygen atoms in total. The molecule has 0 spiro atoms. The van der Waals surface area contributed by atoms with Gasteiger partial charge in [0.15, 0.2) is 17.3 Å². The highest BCUT2D eigenvalue weighted by atomic mass is 32.1. The zero-order valence-corrected chi connectivity index (χ0v) is 17.4. The summed E-state index contributed by atoms with van der Waals surface area (Å²) < 4.78 is 44.1. The highest BCUT2D eigenvalue weighted by Gasteiger charge is 2.20. The molecule has 0 fully saturated rings. The first kappa shape index (κ1) is 20.3. The first-order valence-electron chi connectivity index (χ1n) is 9.81. The molecular weight excluding hydrogens is 435 g/mol. The number of hydrogen-bond donors (Lipinski definition) is 1. The summed E-state index contributed by atoms with van der Waals surface area (Å²) in [4.78, 5) is 10.1. The number of hydrogen-bond acceptors (Lipinski definition) is 4. The SMILES string of the molecule is Oc1c(Cc2cccs2)nc2c(Cc3ccccc3F)nc(-c3cccc(F)c3F)cn12. The lowest BCUT2D eigenvalue weighted by Crippen LogP contribution is -2.03. The maximum atomic E-state index is 14.5. The van der Waals surface area contributed by atoms with E-state index in [9.17, 15) is 18.3 Å². The highest BCUT2D eigenvalue weighted by molar-refractivity contribution is 7.09. The average molecular weight is 451 g/mol. The predicted octanol–water partition coefficient (Wildman–Crippen LogP) is 5.76. The van der Waals surface area contributed by atoms with E-state index in [1.165, 1.54) is 40.1 Å². The van der Waals surface area contributed by atoms with Crippen molar-refractivity contribution in [2.75, 3.05) is 0 Å². The molecule has 3 heterocycles. The Morgan fingerprint density at radius 3 is 2.44 bits per heavy atom.